The van der Waals surface area contributed by atoms with Gasteiger partial charge in [0.1, 0.15) is 11.4 Å². The fourth-order valence-corrected chi connectivity index (χ4v) is 5.57. The number of nitrogens with two attached hydrogens (primary N) is 1. The molecule has 3 aromatic rings. The van der Waals surface area contributed by atoms with E-state index in [2.05, 4.69) is 10.2 Å². The van der Waals surface area contributed by atoms with E-state index in [1.807, 2.05) is 44.9 Å². The molecule has 0 aliphatic carbocycles. The number of nitrogen functional groups attached to an aromatic ring is 1. The highest BCUT2D eigenvalue weighted by Crippen LogP contribution is 2.34. The predicted molar refractivity (Wildman–Crippen MR) is 151 cm³/mol. The van der Waals surface area contributed by atoms with Crippen molar-refractivity contribution in [2.45, 2.75) is 71.1 Å². The van der Waals surface area contributed by atoms with E-state index in [1.165, 1.54) is 0 Å². The highest BCUT2D eigenvalue weighted by Gasteiger charge is 2.32. The van der Waals surface area contributed by atoms with Crippen molar-refractivity contribution in [3.05, 3.63) is 52.3 Å². The number of fused-ring (bicyclic) bond motifs is 1. The quantitative estimate of drug-likeness (QED) is 0.448. The lowest BCUT2D eigenvalue weighted by Crippen LogP contribution is -2.40. The summed E-state index contributed by atoms with van der Waals surface area (Å²) in [4.78, 5) is 34.7. The highest BCUT2D eigenvalue weighted by molar-refractivity contribution is 6.31. The molecule has 0 bridgehead atoms. The number of likely N-dealkylation sites (tertiary alicyclic amines) is 1. The maximum Gasteiger partial charge on any atom is 0.407 e. The Morgan fingerprint density at radius 3 is 2.72 bits per heavy atom. The van der Waals surface area contributed by atoms with Crippen LogP contribution in [0.15, 0.2) is 30.5 Å². The lowest BCUT2D eigenvalue weighted by Gasteiger charge is -2.35. The zero-order valence-electron chi connectivity index (χ0n) is 22.9. The number of halogens is 1. The van der Waals surface area contributed by atoms with Crippen LogP contribution in [0.4, 0.5) is 16.3 Å². The Bertz CT molecular complexity index is 1400. The highest BCUT2D eigenvalue weighted by atomic mass is 35.5. The van der Waals surface area contributed by atoms with Gasteiger partial charge in [-0.05, 0) is 71.6 Å². The first-order valence-electron chi connectivity index (χ1n) is 13.5. The van der Waals surface area contributed by atoms with Crippen LogP contribution in [0.25, 0.3) is 5.65 Å². The molecular weight excluding hydrogens is 518 g/mol. The molecule has 0 radical (unpaired) electrons. The van der Waals surface area contributed by atoms with Gasteiger partial charge in [-0.25, -0.2) is 14.3 Å². The van der Waals surface area contributed by atoms with Gasteiger partial charge in [0.05, 0.1) is 23.3 Å². The lowest BCUT2D eigenvalue weighted by molar-refractivity contribution is 0.0508. The maximum absolute atomic E-state index is 13.5. The minimum absolute atomic E-state index is 0.0153. The van der Waals surface area contributed by atoms with Gasteiger partial charge in [-0.15, -0.1) is 0 Å². The van der Waals surface area contributed by atoms with Crippen LogP contribution in [0.2, 0.25) is 5.02 Å². The van der Waals surface area contributed by atoms with Crippen LogP contribution in [0.3, 0.4) is 0 Å². The average molecular weight is 554 g/mol. The molecule has 208 valence electrons. The second-order valence-electron chi connectivity index (χ2n) is 11.4. The summed E-state index contributed by atoms with van der Waals surface area (Å²) in [5.74, 6) is 0.730. The van der Waals surface area contributed by atoms with Crippen molar-refractivity contribution >= 4 is 40.8 Å². The molecule has 2 atom stereocenters. The summed E-state index contributed by atoms with van der Waals surface area (Å²) in [6.07, 6.45) is 5.12. The largest absolute Gasteiger partial charge is 0.444 e. The fourth-order valence-electron chi connectivity index (χ4n) is 5.40. The van der Waals surface area contributed by atoms with Crippen LogP contribution in [0, 0.1) is 6.92 Å². The van der Waals surface area contributed by atoms with Crippen molar-refractivity contribution in [2.24, 2.45) is 0 Å². The van der Waals surface area contributed by atoms with Gasteiger partial charge in [0.15, 0.2) is 5.65 Å². The number of carbonyl (C=O) groups is 2. The van der Waals surface area contributed by atoms with Crippen molar-refractivity contribution in [3.63, 3.8) is 0 Å². The Morgan fingerprint density at radius 2 is 1.95 bits per heavy atom. The Morgan fingerprint density at radius 1 is 1.15 bits per heavy atom. The van der Waals surface area contributed by atoms with Crippen molar-refractivity contribution in [2.75, 3.05) is 30.3 Å². The molecule has 10 nitrogen and oxygen atoms in total. The molecular formula is C28H36ClN7O3. The number of rotatable bonds is 4. The second kappa shape index (κ2) is 10.6. The minimum Gasteiger partial charge on any atom is -0.444 e. The molecule has 2 aliphatic heterocycles. The predicted octanol–water partition coefficient (Wildman–Crippen LogP) is 4.74. The molecule has 2 aromatic heterocycles. The van der Waals surface area contributed by atoms with Gasteiger partial charge >= 0.3 is 6.09 Å². The van der Waals surface area contributed by atoms with Crippen LogP contribution in [0.1, 0.15) is 74.1 Å². The number of piperidine rings is 1. The molecule has 2 aliphatic rings. The zero-order valence-corrected chi connectivity index (χ0v) is 23.7. The summed E-state index contributed by atoms with van der Waals surface area (Å²) in [5, 5.41) is 8.28. The normalized spacial score (nSPS) is 19.9. The molecule has 11 heteroatoms. The van der Waals surface area contributed by atoms with Gasteiger partial charge < -0.3 is 25.6 Å². The number of ether oxygens (including phenoxy) is 1. The SMILES string of the molecule is Cc1cn2nc(C3CCCCN3C(=O)c3cc(Cl)ccc3N)cc2nc1N1CCC(NC(=O)OC(C)(C)C)C1. The molecule has 2 saturated heterocycles. The van der Waals surface area contributed by atoms with Crippen LogP contribution in [0.5, 0.6) is 0 Å². The summed E-state index contributed by atoms with van der Waals surface area (Å²) in [6, 6.07) is 6.76. The smallest absolute Gasteiger partial charge is 0.407 e. The Hall–Kier alpha value is -3.53. The van der Waals surface area contributed by atoms with Gasteiger partial charge in [0, 0.05) is 48.2 Å². The number of benzene rings is 1. The van der Waals surface area contributed by atoms with Crippen LogP contribution in [-0.2, 0) is 4.74 Å². The molecule has 2 unspecified atom stereocenters. The number of nitrogens with one attached hydrogen (secondary N) is 1. The molecule has 39 heavy (non-hydrogen) atoms. The fraction of sp³-hybridized carbons (Fsp3) is 0.500. The Kier molecular flexibility index (Phi) is 7.33. The van der Waals surface area contributed by atoms with E-state index < -0.39 is 11.7 Å². The van der Waals surface area contributed by atoms with E-state index in [1.54, 1.807) is 22.7 Å². The molecule has 0 spiro atoms. The first-order valence-corrected chi connectivity index (χ1v) is 13.8. The molecule has 3 N–H and O–H groups in total. The Labute approximate surface area is 233 Å². The Balaban J connectivity index is 1.35. The molecule has 5 rings (SSSR count). The van der Waals surface area contributed by atoms with Crippen molar-refractivity contribution in [1.29, 1.82) is 0 Å². The summed E-state index contributed by atoms with van der Waals surface area (Å²) >= 11 is 6.17. The third-order valence-corrected chi connectivity index (χ3v) is 7.42. The van der Waals surface area contributed by atoms with Gasteiger partial charge in [-0.2, -0.15) is 5.10 Å². The van der Waals surface area contributed by atoms with Gasteiger partial charge in [0.25, 0.3) is 5.91 Å². The number of hydrogen-bond donors (Lipinski definition) is 2. The van der Waals surface area contributed by atoms with Crippen molar-refractivity contribution < 1.29 is 14.3 Å². The number of aromatic nitrogens is 3. The zero-order chi connectivity index (χ0) is 27.9. The molecule has 2 fully saturated rings. The number of aryl methyl sites for hydroxylation is 1. The second-order valence-corrected chi connectivity index (χ2v) is 11.9. The van der Waals surface area contributed by atoms with E-state index in [4.69, 9.17) is 32.2 Å². The van der Waals surface area contributed by atoms with Gasteiger partial charge in [-0.3, -0.25) is 4.79 Å². The lowest BCUT2D eigenvalue weighted by atomic mass is 9.98. The van der Waals surface area contributed by atoms with Gasteiger partial charge in [-0.1, -0.05) is 11.6 Å². The molecule has 4 heterocycles. The molecule has 1 aromatic carbocycles. The van der Waals surface area contributed by atoms with Gasteiger partial charge in [0.2, 0.25) is 0 Å². The van der Waals surface area contributed by atoms with Crippen LogP contribution in [-0.4, -0.2) is 62.8 Å². The van der Waals surface area contributed by atoms with E-state index in [9.17, 15) is 9.59 Å². The first-order chi connectivity index (χ1) is 18.5. The average Bonchev–Trinajstić information content (AvgIpc) is 3.50. The monoisotopic (exact) mass is 553 g/mol. The summed E-state index contributed by atoms with van der Waals surface area (Å²) in [7, 11) is 0. The maximum atomic E-state index is 13.5. The van der Waals surface area contributed by atoms with Crippen molar-refractivity contribution in [1.82, 2.24) is 24.8 Å². The van der Waals surface area contributed by atoms with E-state index in [-0.39, 0.29) is 18.0 Å². The topological polar surface area (TPSA) is 118 Å². The number of anilines is 2. The van der Waals surface area contributed by atoms with E-state index in [0.29, 0.717) is 29.4 Å². The number of amides is 2. The number of alkyl carbamates (subject to hydrolysis) is 1. The first kappa shape index (κ1) is 27.1. The molecule has 0 saturated carbocycles. The summed E-state index contributed by atoms with van der Waals surface area (Å²) in [6.45, 7) is 9.62. The van der Waals surface area contributed by atoms with Crippen molar-refractivity contribution in [3.8, 4) is 0 Å². The van der Waals surface area contributed by atoms with E-state index >= 15 is 0 Å². The molecule has 2 amide bonds. The van der Waals surface area contributed by atoms with E-state index in [0.717, 1.165) is 55.0 Å². The summed E-state index contributed by atoms with van der Waals surface area (Å²) < 4.78 is 7.19. The standard InChI is InChI=1S/C28H36ClN7O3/c1-17-15-36-24(32-25(17)34-12-10-19(16-34)31-27(38)39-28(2,3)4)14-22(33-36)23-7-5-6-11-35(23)26(37)20-13-18(29)8-9-21(20)30/h8-9,13-15,19,23H,5-7,10-12,16,30H2,1-4H3,(H,31,38). The number of hydrogen-bond acceptors (Lipinski definition) is 7. The van der Waals surface area contributed by atoms with Crippen LogP contribution < -0.4 is 16.0 Å². The summed E-state index contributed by atoms with van der Waals surface area (Å²) in [5.41, 5.74) is 8.92. The minimum atomic E-state index is -0.537. The third kappa shape index (κ3) is 5.90. The number of nitrogens with zero attached hydrogens (tertiary/aromatic N) is 5. The van der Waals surface area contributed by atoms with Crippen LogP contribution >= 0.6 is 11.6 Å². The number of carbonyl (C=O) groups excluding carboxylic acids is 2. The third-order valence-electron chi connectivity index (χ3n) is 7.18.